The number of nitrogens with zero attached hydrogens (tertiary/aromatic N) is 1. The van der Waals surface area contributed by atoms with Gasteiger partial charge < -0.3 is 4.74 Å². The first-order valence-electron chi connectivity index (χ1n) is 5.38. The summed E-state index contributed by atoms with van der Waals surface area (Å²) in [7, 11) is 0. The Hall–Kier alpha value is -2.24. The normalized spacial score (nSPS) is 9.89. The summed E-state index contributed by atoms with van der Waals surface area (Å²) in [6.45, 7) is 3.49. The van der Waals surface area contributed by atoms with Gasteiger partial charge >= 0.3 is 5.97 Å². The molecule has 0 fully saturated rings. The first-order chi connectivity index (χ1) is 8.49. The van der Waals surface area contributed by atoms with Crippen molar-refractivity contribution in [3.05, 3.63) is 38.9 Å². The van der Waals surface area contributed by atoms with Gasteiger partial charge in [0, 0.05) is 5.56 Å². The predicted octanol–water partition coefficient (Wildman–Crippen LogP) is 1.82. The SMILES string of the molecule is CCOC(=O)Cc1cc(C)c([N+](=O)[O-])c(C=O)c1. The standard InChI is InChI=1S/C12H13NO5/c1-3-18-11(15)6-9-4-8(2)12(13(16)17)10(5-9)7-14/h4-5,7H,3,6H2,1-2H3. The Morgan fingerprint density at radius 2 is 2.17 bits per heavy atom. The second kappa shape index (κ2) is 5.90. The minimum Gasteiger partial charge on any atom is -0.466 e. The van der Waals surface area contributed by atoms with Crippen LogP contribution in [0.25, 0.3) is 0 Å². The van der Waals surface area contributed by atoms with Gasteiger partial charge in [-0.25, -0.2) is 0 Å². The third-order valence-electron chi connectivity index (χ3n) is 2.35. The van der Waals surface area contributed by atoms with Crippen molar-refractivity contribution < 1.29 is 19.2 Å². The molecule has 0 aliphatic carbocycles. The molecule has 0 amide bonds. The molecule has 6 heteroatoms. The average molecular weight is 251 g/mol. The number of nitro groups is 1. The Morgan fingerprint density at radius 1 is 1.50 bits per heavy atom. The van der Waals surface area contributed by atoms with Crippen molar-refractivity contribution in [2.75, 3.05) is 6.61 Å². The predicted molar refractivity (Wildman–Crippen MR) is 63.6 cm³/mol. The van der Waals surface area contributed by atoms with Gasteiger partial charge in [0.2, 0.25) is 0 Å². The van der Waals surface area contributed by atoms with Crippen molar-refractivity contribution in [1.29, 1.82) is 0 Å². The number of aryl methyl sites for hydroxylation is 1. The number of hydrogen-bond acceptors (Lipinski definition) is 5. The molecule has 0 spiro atoms. The van der Waals surface area contributed by atoms with Crippen LogP contribution in [0.1, 0.15) is 28.4 Å². The summed E-state index contributed by atoms with van der Waals surface area (Å²) in [4.78, 5) is 32.3. The Labute approximate surface area is 104 Å². The Bertz CT molecular complexity index is 495. The minimum absolute atomic E-state index is 0.00643. The fraction of sp³-hybridized carbons (Fsp3) is 0.333. The topological polar surface area (TPSA) is 86.5 Å². The summed E-state index contributed by atoms with van der Waals surface area (Å²) in [6.07, 6.45) is 0.410. The molecule has 0 radical (unpaired) electrons. The number of esters is 1. The number of hydrogen-bond donors (Lipinski definition) is 0. The number of carbonyl (C=O) groups excluding carboxylic acids is 2. The molecule has 0 saturated carbocycles. The second-order valence-electron chi connectivity index (χ2n) is 3.71. The highest BCUT2D eigenvalue weighted by molar-refractivity contribution is 5.84. The van der Waals surface area contributed by atoms with E-state index in [1.807, 2.05) is 0 Å². The van der Waals surface area contributed by atoms with E-state index < -0.39 is 10.9 Å². The first-order valence-corrected chi connectivity index (χ1v) is 5.38. The molecular formula is C12H13NO5. The molecule has 0 saturated heterocycles. The highest BCUT2D eigenvalue weighted by Gasteiger charge is 2.19. The lowest BCUT2D eigenvalue weighted by Crippen LogP contribution is -2.08. The summed E-state index contributed by atoms with van der Waals surface area (Å²) >= 11 is 0. The zero-order valence-electron chi connectivity index (χ0n) is 10.1. The van der Waals surface area contributed by atoms with Crippen molar-refractivity contribution in [2.45, 2.75) is 20.3 Å². The molecule has 1 aromatic carbocycles. The van der Waals surface area contributed by atoms with Crippen molar-refractivity contribution in [2.24, 2.45) is 0 Å². The summed E-state index contributed by atoms with van der Waals surface area (Å²) in [5.74, 6) is -0.428. The summed E-state index contributed by atoms with van der Waals surface area (Å²) in [5.41, 5.74) is 0.624. The number of aldehydes is 1. The maximum Gasteiger partial charge on any atom is 0.310 e. The van der Waals surface area contributed by atoms with E-state index in [9.17, 15) is 19.7 Å². The lowest BCUT2D eigenvalue weighted by atomic mass is 10.0. The van der Waals surface area contributed by atoms with Crippen LogP contribution in [0.5, 0.6) is 0 Å². The van der Waals surface area contributed by atoms with Gasteiger partial charge in [0.25, 0.3) is 5.69 Å². The zero-order chi connectivity index (χ0) is 13.7. The van der Waals surface area contributed by atoms with E-state index in [-0.39, 0.29) is 24.3 Å². The second-order valence-corrected chi connectivity index (χ2v) is 3.71. The van der Waals surface area contributed by atoms with Gasteiger partial charge in [-0.05, 0) is 31.5 Å². The van der Waals surface area contributed by atoms with Gasteiger partial charge in [0.1, 0.15) is 0 Å². The van der Waals surface area contributed by atoms with Crippen molar-refractivity contribution in [3.8, 4) is 0 Å². The van der Waals surface area contributed by atoms with Crippen LogP contribution < -0.4 is 0 Å². The molecule has 18 heavy (non-hydrogen) atoms. The van der Waals surface area contributed by atoms with E-state index in [0.717, 1.165) is 0 Å². The maximum absolute atomic E-state index is 11.3. The highest BCUT2D eigenvalue weighted by atomic mass is 16.6. The molecule has 1 rings (SSSR count). The molecule has 0 bridgehead atoms. The average Bonchev–Trinajstić information content (AvgIpc) is 2.27. The molecular weight excluding hydrogens is 238 g/mol. The van der Waals surface area contributed by atoms with Crippen molar-refractivity contribution in [1.82, 2.24) is 0 Å². The van der Waals surface area contributed by atoms with Gasteiger partial charge in [-0.3, -0.25) is 19.7 Å². The van der Waals surface area contributed by atoms with Crippen LogP contribution in [-0.2, 0) is 16.0 Å². The number of nitro benzene ring substituents is 1. The van der Waals surface area contributed by atoms with E-state index >= 15 is 0 Å². The molecule has 6 nitrogen and oxygen atoms in total. The molecule has 0 unspecified atom stereocenters. The van der Waals surface area contributed by atoms with E-state index in [4.69, 9.17) is 4.74 Å². The van der Waals surface area contributed by atoms with E-state index in [1.165, 1.54) is 19.1 Å². The van der Waals surface area contributed by atoms with Gasteiger partial charge in [-0.1, -0.05) is 0 Å². The molecule has 0 aliphatic rings. The van der Waals surface area contributed by atoms with Crippen LogP contribution in [0.4, 0.5) is 5.69 Å². The highest BCUT2D eigenvalue weighted by Crippen LogP contribution is 2.24. The molecule has 96 valence electrons. The Kier molecular flexibility index (Phi) is 4.53. The van der Waals surface area contributed by atoms with E-state index in [2.05, 4.69) is 0 Å². The van der Waals surface area contributed by atoms with Crippen molar-refractivity contribution >= 4 is 17.9 Å². The fourth-order valence-electron chi connectivity index (χ4n) is 1.70. The Morgan fingerprint density at radius 3 is 2.67 bits per heavy atom. The summed E-state index contributed by atoms with van der Waals surface area (Å²) in [5, 5.41) is 10.8. The summed E-state index contributed by atoms with van der Waals surface area (Å²) < 4.78 is 4.78. The Balaban J connectivity index is 3.11. The van der Waals surface area contributed by atoms with Crippen molar-refractivity contribution in [3.63, 3.8) is 0 Å². The molecule has 0 heterocycles. The zero-order valence-corrected chi connectivity index (χ0v) is 10.1. The van der Waals surface area contributed by atoms with Crippen LogP contribution in [0.2, 0.25) is 0 Å². The molecule has 0 aliphatic heterocycles. The third kappa shape index (κ3) is 3.13. The van der Waals surface area contributed by atoms with Crippen LogP contribution in [-0.4, -0.2) is 23.8 Å². The largest absolute Gasteiger partial charge is 0.466 e. The number of rotatable bonds is 5. The molecule has 1 aromatic rings. The van der Waals surface area contributed by atoms with E-state index in [1.54, 1.807) is 6.92 Å². The van der Waals surface area contributed by atoms with E-state index in [0.29, 0.717) is 17.4 Å². The monoisotopic (exact) mass is 251 g/mol. The van der Waals surface area contributed by atoms with Crippen LogP contribution in [0.15, 0.2) is 12.1 Å². The lowest BCUT2D eigenvalue weighted by molar-refractivity contribution is -0.385. The minimum atomic E-state index is -0.604. The first kappa shape index (κ1) is 13.8. The van der Waals surface area contributed by atoms with Gasteiger partial charge in [0.05, 0.1) is 23.5 Å². The molecule has 0 N–H and O–H groups in total. The maximum atomic E-state index is 11.3. The lowest BCUT2D eigenvalue weighted by Gasteiger charge is -2.05. The van der Waals surface area contributed by atoms with Crippen LogP contribution >= 0.6 is 0 Å². The number of carbonyl (C=O) groups is 2. The molecule has 0 aromatic heterocycles. The van der Waals surface area contributed by atoms with Crippen LogP contribution in [0.3, 0.4) is 0 Å². The number of ether oxygens (including phenoxy) is 1. The van der Waals surface area contributed by atoms with Gasteiger partial charge in [-0.15, -0.1) is 0 Å². The van der Waals surface area contributed by atoms with Gasteiger partial charge in [-0.2, -0.15) is 0 Å². The smallest absolute Gasteiger partial charge is 0.310 e. The van der Waals surface area contributed by atoms with Crippen LogP contribution in [0, 0.1) is 17.0 Å². The third-order valence-corrected chi connectivity index (χ3v) is 2.35. The fourth-order valence-corrected chi connectivity index (χ4v) is 1.70. The molecule has 0 atom stereocenters. The summed E-state index contributed by atoms with van der Waals surface area (Å²) in [6, 6.07) is 2.86. The van der Waals surface area contributed by atoms with Gasteiger partial charge in [0.15, 0.2) is 6.29 Å². The quantitative estimate of drug-likeness (QED) is 0.345. The number of benzene rings is 1.